The van der Waals surface area contributed by atoms with Crippen molar-refractivity contribution < 1.29 is 4.79 Å². The van der Waals surface area contributed by atoms with Gasteiger partial charge in [0.15, 0.2) is 0 Å². The fourth-order valence-electron chi connectivity index (χ4n) is 2.17. The van der Waals surface area contributed by atoms with E-state index in [4.69, 9.17) is 5.26 Å². The Hall–Kier alpha value is -2.09. The molecule has 0 bridgehead atoms. The molecule has 2 N–H and O–H groups in total. The van der Waals surface area contributed by atoms with Gasteiger partial charge in [0.25, 0.3) is 0 Å². The van der Waals surface area contributed by atoms with Crippen LogP contribution in [-0.4, -0.2) is 23.5 Å². The van der Waals surface area contributed by atoms with Crippen molar-refractivity contribution in [1.82, 2.24) is 10.3 Å². The van der Waals surface area contributed by atoms with Crippen molar-refractivity contribution in [3.05, 3.63) is 23.0 Å². The van der Waals surface area contributed by atoms with Crippen molar-refractivity contribution in [2.24, 2.45) is 0 Å². The normalized spacial score (nSPS) is 18.3. The maximum atomic E-state index is 11.1. The second-order valence-electron chi connectivity index (χ2n) is 4.57. The Kier molecular flexibility index (Phi) is 3.47. The average Bonchev–Trinajstić information content (AvgIpc) is 2.72. The van der Waals surface area contributed by atoms with Crippen LogP contribution in [0.2, 0.25) is 0 Å². The van der Waals surface area contributed by atoms with Crippen LogP contribution in [0.25, 0.3) is 0 Å². The third-order valence-electron chi connectivity index (χ3n) is 3.06. The molecule has 5 nitrogen and oxygen atoms in total. The van der Waals surface area contributed by atoms with Crippen molar-refractivity contribution >= 4 is 11.6 Å². The molecule has 1 aromatic rings. The van der Waals surface area contributed by atoms with E-state index >= 15 is 0 Å². The molecular weight excluding hydrogens is 228 g/mol. The fraction of sp³-hybridized carbons (Fsp3) is 0.462. The highest BCUT2D eigenvalue weighted by Gasteiger charge is 2.20. The fourth-order valence-corrected chi connectivity index (χ4v) is 2.17. The van der Waals surface area contributed by atoms with Crippen molar-refractivity contribution in [2.45, 2.75) is 32.7 Å². The van der Waals surface area contributed by atoms with Crippen LogP contribution in [0.15, 0.2) is 6.07 Å². The van der Waals surface area contributed by atoms with Crippen LogP contribution >= 0.6 is 0 Å². The number of amides is 1. The number of pyridine rings is 1. The third kappa shape index (κ3) is 2.59. The monoisotopic (exact) mass is 244 g/mol. The van der Waals surface area contributed by atoms with Crippen molar-refractivity contribution in [3.8, 4) is 6.07 Å². The maximum Gasteiger partial charge on any atom is 0.220 e. The Balaban J connectivity index is 2.09. The van der Waals surface area contributed by atoms with Crippen LogP contribution in [0.1, 0.15) is 29.8 Å². The molecule has 1 unspecified atom stereocenters. The molecule has 1 aromatic heterocycles. The highest BCUT2D eigenvalue weighted by Crippen LogP contribution is 2.19. The first-order chi connectivity index (χ1) is 8.60. The van der Waals surface area contributed by atoms with Gasteiger partial charge in [0.1, 0.15) is 6.07 Å². The molecule has 0 saturated carbocycles. The first-order valence-corrected chi connectivity index (χ1v) is 6.01. The molecular formula is C13H16N4O. The minimum Gasteiger partial charge on any atom is -0.382 e. The smallest absolute Gasteiger partial charge is 0.220 e. The molecule has 1 atom stereocenters. The minimum absolute atomic E-state index is 0.101. The number of carbonyl (C=O) groups excluding carboxylic acids is 1. The van der Waals surface area contributed by atoms with Crippen LogP contribution in [0.5, 0.6) is 0 Å². The number of anilines is 1. The minimum atomic E-state index is 0.101. The maximum absolute atomic E-state index is 11.1. The molecule has 0 spiro atoms. The van der Waals surface area contributed by atoms with E-state index in [2.05, 4.69) is 21.7 Å². The molecule has 1 aliphatic heterocycles. The average molecular weight is 244 g/mol. The quantitative estimate of drug-likeness (QED) is 0.839. The number of hydrogen-bond acceptors (Lipinski definition) is 4. The molecule has 1 amide bonds. The van der Waals surface area contributed by atoms with Crippen molar-refractivity contribution in [1.29, 1.82) is 5.26 Å². The molecule has 1 aliphatic rings. The second-order valence-corrected chi connectivity index (χ2v) is 4.57. The van der Waals surface area contributed by atoms with Gasteiger partial charge in [-0.2, -0.15) is 5.26 Å². The summed E-state index contributed by atoms with van der Waals surface area (Å²) in [6.07, 6.45) is 1.43. The number of hydrogen-bond donors (Lipinski definition) is 2. The van der Waals surface area contributed by atoms with Crippen LogP contribution < -0.4 is 10.6 Å². The molecule has 0 aliphatic carbocycles. The summed E-state index contributed by atoms with van der Waals surface area (Å²) >= 11 is 0. The third-order valence-corrected chi connectivity index (χ3v) is 3.06. The van der Waals surface area contributed by atoms with Gasteiger partial charge in [0.2, 0.25) is 5.91 Å². The molecule has 0 aromatic carbocycles. The molecule has 2 heterocycles. The van der Waals surface area contributed by atoms with E-state index in [0.29, 0.717) is 18.5 Å². The largest absolute Gasteiger partial charge is 0.382 e. The number of carbonyl (C=O) groups is 1. The lowest BCUT2D eigenvalue weighted by molar-refractivity contribution is -0.119. The summed E-state index contributed by atoms with van der Waals surface area (Å²) in [5.74, 6) is 0.101. The SMILES string of the molecule is Cc1cc(NCC2CCC(=O)N2)c(C#N)c(C)n1. The van der Waals surface area contributed by atoms with Gasteiger partial charge in [0, 0.05) is 24.7 Å². The second kappa shape index (κ2) is 5.05. The van der Waals surface area contributed by atoms with Gasteiger partial charge in [-0.05, 0) is 26.3 Å². The lowest BCUT2D eigenvalue weighted by Crippen LogP contribution is -2.32. The van der Waals surface area contributed by atoms with Gasteiger partial charge < -0.3 is 10.6 Å². The van der Waals surface area contributed by atoms with E-state index in [0.717, 1.165) is 23.5 Å². The van der Waals surface area contributed by atoms with Crippen LogP contribution in [0, 0.1) is 25.2 Å². The molecule has 2 rings (SSSR count). The Bertz CT molecular complexity index is 518. The topological polar surface area (TPSA) is 77.8 Å². The zero-order valence-electron chi connectivity index (χ0n) is 10.6. The lowest BCUT2D eigenvalue weighted by Gasteiger charge is -2.14. The van der Waals surface area contributed by atoms with E-state index in [9.17, 15) is 4.79 Å². The van der Waals surface area contributed by atoms with E-state index < -0.39 is 0 Å². The summed E-state index contributed by atoms with van der Waals surface area (Å²) in [5, 5.41) is 15.2. The Labute approximate surface area is 106 Å². The molecule has 5 heteroatoms. The van der Waals surface area contributed by atoms with Gasteiger partial charge in [0.05, 0.1) is 16.9 Å². The Morgan fingerprint density at radius 1 is 1.61 bits per heavy atom. The zero-order chi connectivity index (χ0) is 13.1. The highest BCUT2D eigenvalue weighted by molar-refractivity contribution is 5.78. The molecule has 1 fully saturated rings. The highest BCUT2D eigenvalue weighted by atomic mass is 16.1. The predicted octanol–water partition coefficient (Wildman–Crippen LogP) is 1.26. The van der Waals surface area contributed by atoms with Gasteiger partial charge in [-0.3, -0.25) is 9.78 Å². The van der Waals surface area contributed by atoms with E-state index in [1.54, 1.807) is 0 Å². The summed E-state index contributed by atoms with van der Waals surface area (Å²) in [4.78, 5) is 15.4. The van der Waals surface area contributed by atoms with Gasteiger partial charge in [-0.15, -0.1) is 0 Å². The van der Waals surface area contributed by atoms with Crippen LogP contribution in [0.4, 0.5) is 5.69 Å². The number of rotatable bonds is 3. The molecule has 94 valence electrons. The summed E-state index contributed by atoms with van der Waals surface area (Å²) in [5.41, 5.74) is 2.98. The number of aryl methyl sites for hydroxylation is 2. The van der Waals surface area contributed by atoms with Gasteiger partial charge >= 0.3 is 0 Å². The Morgan fingerprint density at radius 3 is 3.00 bits per heavy atom. The van der Waals surface area contributed by atoms with E-state index in [-0.39, 0.29) is 11.9 Å². The van der Waals surface area contributed by atoms with Crippen LogP contribution in [-0.2, 0) is 4.79 Å². The first-order valence-electron chi connectivity index (χ1n) is 6.01. The predicted molar refractivity (Wildman–Crippen MR) is 68.1 cm³/mol. The van der Waals surface area contributed by atoms with Crippen molar-refractivity contribution in [2.75, 3.05) is 11.9 Å². The molecule has 0 radical (unpaired) electrons. The summed E-state index contributed by atoms with van der Waals surface area (Å²) in [6, 6.07) is 4.18. The summed E-state index contributed by atoms with van der Waals surface area (Å²) in [6.45, 7) is 4.37. The van der Waals surface area contributed by atoms with Gasteiger partial charge in [-0.1, -0.05) is 0 Å². The molecule has 1 saturated heterocycles. The van der Waals surface area contributed by atoms with E-state index in [1.807, 2.05) is 19.9 Å². The van der Waals surface area contributed by atoms with Crippen molar-refractivity contribution in [3.63, 3.8) is 0 Å². The van der Waals surface area contributed by atoms with Gasteiger partial charge in [-0.25, -0.2) is 0 Å². The number of aromatic nitrogens is 1. The lowest BCUT2D eigenvalue weighted by atomic mass is 10.1. The number of nitriles is 1. The zero-order valence-corrected chi connectivity index (χ0v) is 10.6. The molecule has 18 heavy (non-hydrogen) atoms. The summed E-state index contributed by atoms with van der Waals surface area (Å²) < 4.78 is 0. The standard InChI is InChI=1S/C13H16N4O/c1-8-5-12(11(6-14)9(2)16-8)15-7-10-3-4-13(18)17-10/h5,10H,3-4,7H2,1-2H3,(H,15,16)(H,17,18). The first kappa shape index (κ1) is 12.4. The van der Waals surface area contributed by atoms with Crippen LogP contribution in [0.3, 0.4) is 0 Å². The Morgan fingerprint density at radius 2 is 2.39 bits per heavy atom. The summed E-state index contributed by atoms with van der Waals surface area (Å²) in [7, 11) is 0. The van der Waals surface area contributed by atoms with E-state index in [1.165, 1.54) is 0 Å². The number of nitrogens with zero attached hydrogens (tertiary/aromatic N) is 2. The number of nitrogens with one attached hydrogen (secondary N) is 2.